The molecule has 2 aliphatic heterocycles. The van der Waals surface area contributed by atoms with E-state index in [0.29, 0.717) is 18.8 Å². The lowest BCUT2D eigenvalue weighted by Gasteiger charge is -2.34. The number of carbonyl (C=O) groups excluding carboxylic acids is 2. The average molecular weight is 354 g/mol. The number of hydrogen-bond acceptors (Lipinski definition) is 5. The third-order valence-electron chi connectivity index (χ3n) is 5.00. The molecule has 1 atom stereocenters. The molecule has 4 rings (SSSR count). The number of nitrogens with one attached hydrogen (secondary N) is 2. The van der Waals surface area contributed by atoms with Gasteiger partial charge in [0, 0.05) is 13.1 Å². The highest BCUT2D eigenvalue weighted by Gasteiger charge is 2.35. The van der Waals surface area contributed by atoms with E-state index in [2.05, 4.69) is 20.9 Å². The maximum Gasteiger partial charge on any atom is 0.277 e. The van der Waals surface area contributed by atoms with Crippen LogP contribution in [-0.4, -0.2) is 57.9 Å². The molecule has 8 heteroatoms. The molecule has 2 N–H and O–H groups in total. The number of nitrogens with zero attached hydrogens (tertiary/aromatic N) is 4. The topological polar surface area (TPSA) is 92.2 Å². The molecule has 3 heterocycles. The molecule has 1 aromatic heterocycles. The molecule has 136 valence electrons. The lowest BCUT2D eigenvalue weighted by Crippen LogP contribution is -2.52. The Morgan fingerprint density at radius 1 is 1.12 bits per heavy atom. The maximum absolute atomic E-state index is 13.0. The van der Waals surface area contributed by atoms with E-state index in [1.807, 2.05) is 30.3 Å². The van der Waals surface area contributed by atoms with Crippen LogP contribution in [0.4, 0.5) is 0 Å². The number of aromatic nitrogens is 3. The fourth-order valence-electron chi connectivity index (χ4n) is 3.62. The number of carbonyl (C=O) groups is 2. The molecule has 2 fully saturated rings. The van der Waals surface area contributed by atoms with Crippen molar-refractivity contribution in [3.05, 3.63) is 47.8 Å². The molecule has 2 aliphatic rings. The maximum atomic E-state index is 13.0. The summed E-state index contributed by atoms with van der Waals surface area (Å²) in [4.78, 5) is 27.1. The molecule has 2 aromatic rings. The third-order valence-corrected chi connectivity index (χ3v) is 5.00. The SMILES string of the molecule is O=C1NCCN(C(=O)c2cn(C3CCNCC3)nn2)C1c1ccccc1. The van der Waals surface area contributed by atoms with Gasteiger partial charge in [0.15, 0.2) is 5.69 Å². The summed E-state index contributed by atoms with van der Waals surface area (Å²) >= 11 is 0. The summed E-state index contributed by atoms with van der Waals surface area (Å²) in [5, 5.41) is 14.4. The molecule has 2 amide bonds. The van der Waals surface area contributed by atoms with Gasteiger partial charge in [-0.05, 0) is 31.5 Å². The van der Waals surface area contributed by atoms with Crippen molar-refractivity contribution in [1.82, 2.24) is 30.5 Å². The number of hydrogen-bond donors (Lipinski definition) is 2. The lowest BCUT2D eigenvalue weighted by molar-refractivity contribution is -0.128. The van der Waals surface area contributed by atoms with Crippen LogP contribution in [0.2, 0.25) is 0 Å². The molecule has 26 heavy (non-hydrogen) atoms. The number of piperazine rings is 1. The van der Waals surface area contributed by atoms with E-state index >= 15 is 0 Å². The summed E-state index contributed by atoms with van der Waals surface area (Å²) in [7, 11) is 0. The molecule has 1 aromatic carbocycles. The highest BCUT2D eigenvalue weighted by Crippen LogP contribution is 2.25. The number of benzene rings is 1. The van der Waals surface area contributed by atoms with E-state index in [0.717, 1.165) is 31.5 Å². The Bertz CT molecular complexity index is 784. The molecule has 0 saturated carbocycles. The second-order valence-electron chi connectivity index (χ2n) is 6.67. The monoisotopic (exact) mass is 354 g/mol. The van der Waals surface area contributed by atoms with Gasteiger partial charge in [0.25, 0.3) is 5.91 Å². The van der Waals surface area contributed by atoms with Crippen molar-refractivity contribution in [2.45, 2.75) is 24.9 Å². The molecule has 0 aliphatic carbocycles. The average Bonchev–Trinajstić information content (AvgIpc) is 3.19. The Labute approximate surface area is 151 Å². The highest BCUT2D eigenvalue weighted by atomic mass is 16.2. The van der Waals surface area contributed by atoms with Crippen molar-refractivity contribution in [2.75, 3.05) is 26.2 Å². The summed E-state index contributed by atoms with van der Waals surface area (Å²) in [6, 6.07) is 8.98. The minimum absolute atomic E-state index is 0.165. The van der Waals surface area contributed by atoms with Crippen LogP contribution in [-0.2, 0) is 4.79 Å². The van der Waals surface area contributed by atoms with Gasteiger partial charge in [-0.2, -0.15) is 0 Å². The predicted octanol–water partition coefficient (Wildman–Crippen LogP) is 0.516. The van der Waals surface area contributed by atoms with Crippen molar-refractivity contribution >= 4 is 11.8 Å². The first-order valence-corrected chi connectivity index (χ1v) is 9.00. The van der Waals surface area contributed by atoms with Gasteiger partial charge in [-0.1, -0.05) is 35.5 Å². The molecule has 2 saturated heterocycles. The third kappa shape index (κ3) is 3.20. The van der Waals surface area contributed by atoms with E-state index in [-0.39, 0.29) is 17.9 Å². The van der Waals surface area contributed by atoms with Gasteiger partial charge >= 0.3 is 0 Å². The van der Waals surface area contributed by atoms with Crippen molar-refractivity contribution in [1.29, 1.82) is 0 Å². The van der Waals surface area contributed by atoms with Crippen LogP contribution < -0.4 is 10.6 Å². The first-order chi connectivity index (χ1) is 12.7. The molecule has 0 radical (unpaired) electrons. The molecule has 0 spiro atoms. The van der Waals surface area contributed by atoms with Crippen LogP contribution in [0.15, 0.2) is 36.5 Å². The van der Waals surface area contributed by atoms with Gasteiger partial charge in [0.2, 0.25) is 5.91 Å². The second kappa shape index (κ2) is 7.25. The van der Waals surface area contributed by atoms with Crippen molar-refractivity contribution in [3.63, 3.8) is 0 Å². The molecule has 1 unspecified atom stereocenters. The van der Waals surface area contributed by atoms with Crippen LogP contribution in [0.5, 0.6) is 0 Å². The summed E-state index contributed by atoms with van der Waals surface area (Å²) < 4.78 is 1.79. The normalized spacial score (nSPS) is 21.5. The summed E-state index contributed by atoms with van der Waals surface area (Å²) in [6.07, 6.45) is 3.65. The fraction of sp³-hybridized carbons (Fsp3) is 0.444. The van der Waals surface area contributed by atoms with Crippen LogP contribution >= 0.6 is 0 Å². The second-order valence-corrected chi connectivity index (χ2v) is 6.67. The Morgan fingerprint density at radius 2 is 1.88 bits per heavy atom. The molecule has 0 bridgehead atoms. The summed E-state index contributed by atoms with van der Waals surface area (Å²) in [5.74, 6) is -0.421. The minimum atomic E-state index is -0.638. The number of rotatable bonds is 3. The van der Waals surface area contributed by atoms with E-state index < -0.39 is 6.04 Å². The van der Waals surface area contributed by atoms with Crippen molar-refractivity contribution in [2.24, 2.45) is 0 Å². The largest absolute Gasteiger partial charge is 0.352 e. The minimum Gasteiger partial charge on any atom is -0.352 e. The van der Waals surface area contributed by atoms with Gasteiger partial charge in [-0.25, -0.2) is 4.68 Å². The molecular weight excluding hydrogens is 332 g/mol. The van der Waals surface area contributed by atoms with Gasteiger partial charge in [0.05, 0.1) is 12.2 Å². The zero-order valence-electron chi connectivity index (χ0n) is 14.5. The van der Waals surface area contributed by atoms with E-state index in [9.17, 15) is 9.59 Å². The first kappa shape index (κ1) is 16.7. The van der Waals surface area contributed by atoms with Crippen molar-refractivity contribution in [3.8, 4) is 0 Å². The Morgan fingerprint density at radius 3 is 2.65 bits per heavy atom. The summed E-state index contributed by atoms with van der Waals surface area (Å²) in [6.45, 7) is 2.77. The Kier molecular flexibility index (Phi) is 4.66. The highest BCUT2D eigenvalue weighted by molar-refractivity contribution is 5.97. The smallest absolute Gasteiger partial charge is 0.277 e. The van der Waals surface area contributed by atoms with Gasteiger partial charge in [-0.3, -0.25) is 9.59 Å². The van der Waals surface area contributed by atoms with E-state index in [1.54, 1.807) is 15.8 Å². The molecular formula is C18H22N6O2. The van der Waals surface area contributed by atoms with E-state index in [1.165, 1.54) is 0 Å². The predicted molar refractivity (Wildman–Crippen MR) is 94.4 cm³/mol. The van der Waals surface area contributed by atoms with Crippen LogP contribution in [0, 0.1) is 0 Å². The lowest BCUT2D eigenvalue weighted by atomic mass is 10.0. The van der Waals surface area contributed by atoms with Crippen LogP contribution in [0.1, 0.15) is 41.0 Å². The number of piperidine rings is 1. The fourth-order valence-corrected chi connectivity index (χ4v) is 3.62. The Hall–Kier alpha value is -2.74. The quantitative estimate of drug-likeness (QED) is 0.838. The number of amides is 2. The first-order valence-electron chi connectivity index (χ1n) is 9.00. The standard InChI is InChI=1S/C18H22N6O2/c25-17-16(13-4-2-1-3-5-13)23(11-10-20-17)18(26)15-12-24(22-21-15)14-6-8-19-9-7-14/h1-5,12,14,16,19H,6-11H2,(H,20,25). The zero-order chi connectivity index (χ0) is 17.9. The molecule has 8 nitrogen and oxygen atoms in total. The van der Waals surface area contributed by atoms with Crippen molar-refractivity contribution < 1.29 is 9.59 Å². The van der Waals surface area contributed by atoms with Gasteiger partial charge < -0.3 is 15.5 Å². The van der Waals surface area contributed by atoms with Crippen LogP contribution in [0.25, 0.3) is 0 Å². The zero-order valence-corrected chi connectivity index (χ0v) is 14.5. The van der Waals surface area contributed by atoms with Gasteiger partial charge in [0.1, 0.15) is 6.04 Å². The summed E-state index contributed by atoms with van der Waals surface area (Å²) in [5.41, 5.74) is 1.09. The van der Waals surface area contributed by atoms with Crippen LogP contribution in [0.3, 0.4) is 0 Å². The Balaban J connectivity index is 1.57. The van der Waals surface area contributed by atoms with Gasteiger partial charge in [-0.15, -0.1) is 5.10 Å². The van der Waals surface area contributed by atoms with E-state index in [4.69, 9.17) is 0 Å².